The first-order valence-corrected chi connectivity index (χ1v) is 6.32. The van der Waals surface area contributed by atoms with E-state index in [4.69, 9.17) is 0 Å². The smallest absolute Gasteiger partial charge is 0.0958 e. The lowest BCUT2D eigenvalue weighted by Crippen LogP contribution is -2.34. The topological polar surface area (TPSA) is 69.2 Å². The van der Waals surface area contributed by atoms with Gasteiger partial charge in [-0.3, -0.25) is 0 Å². The zero-order valence-electron chi connectivity index (χ0n) is 7.66. The van der Waals surface area contributed by atoms with E-state index in [9.17, 15) is 13.0 Å². The quantitative estimate of drug-likeness (QED) is 0.678. The van der Waals surface area contributed by atoms with Crippen LogP contribution in [0.2, 0.25) is 0 Å². The Balaban J connectivity index is 2.11. The Morgan fingerprint density at radius 2 is 1.85 bits per heavy atom. The number of hydrogen-bond acceptors (Lipinski definition) is 4. The van der Waals surface area contributed by atoms with E-state index >= 15 is 0 Å². The van der Waals surface area contributed by atoms with Gasteiger partial charge in [0.2, 0.25) is 0 Å². The molecule has 1 fully saturated rings. The van der Waals surface area contributed by atoms with Crippen LogP contribution in [0.3, 0.4) is 0 Å². The van der Waals surface area contributed by atoms with E-state index in [2.05, 4.69) is 5.32 Å². The summed E-state index contributed by atoms with van der Waals surface area (Å²) in [5.74, 6) is -0.288. The fraction of sp³-hybridized carbons (Fsp3) is 1.00. The molecular weight excluding hydrogens is 190 g/mol. The Bertz CT molecular complexity index is 232. The average molecular weight is 206 g/mol. The molecule has 1 N–H and O–H groups in total. The van der Waals surface area contributed by atoms with Gasteiger partial charge in [-0.1, -0.05) is 19.3 Å². The van der Waals surface area contributed by atoms with E-state index in [1.165, 1.54) is 19.3 Å². The molecule has 0 unspecified atom stereocenters. The van der Waals surface area contributed by atoms with Crippen LogP contribution in [0, 0.1) is 0 Å². The van der Waals surface area contributed by atoms with Crippen molar-refractivity contribution >= 4 is 10.1 Å². The minimum atomic E-state index is -4.04. The first kappa shape index (κ1) is 10.9. The fourth-order valence-electron chi connectivity index (χ4n) is 1.69. The van der Waals surface area contributed by atoms with E-state index in [1.54, 1.807) is 0 Å². The summed E-state index contributed by atoms with van der Waals surface area (Å²) < 4.78 is 30.8. The van der Waals surface area contributed by atoms with Gasteiger partial charge in [-0.05, 0) is 12.8 Å². The Labute approximate surface area is 79.5 Å². The molecule has 0 spiro atoms. The van der Waals surface area contributed by atoms with Gasteiger partial charge >= 0.3 is 0 Å². The third-order valence-electron chi connectivity index (χ3n) is 2.39. The van der Waals surface area contributed by atoms with Crippen molar-refractivity contribution in [3.63, 3.8) is 0 Å². The van der Waals surface area contributed by atoms with E-state index in [1.807, 2.05) is 0 Å². The lowest BCUT2D eigenvalue weighted by molar-refractivity contribution is 0.378. The lowest BCUT2D eigenvalue weighted by Gasteiger charge is -2.23. The molecule has 0 bridgehead atoms. The van der Waals surface area contributed by atoms with Crippen molar-refractivity contribution in [2.75, 3.05) is 12.3 Å². The van der Waals surface area contributed by atoms with Crippen LogP contribution in [0.15, 0.2) is 0 Å². The van der Waals surface area contributed by atoms with Gasteiger partial charge in [0, 0.05) is 12.6 Å². The van der Waals surface area contributed by atoms with Gasteiger partial charge in [-0.15, -0.1) is 0 Å². The van der Waals surface area contributed by atoms with Crippen molar-refractivity contribution < 1.29 is 13.0 Å². The molecular formula is C8H16NO3S-. The van der Waals surface area contributed by atoms with E-state index in [-0.39, 0.29) is 5.75 Å². The van der Waals surface area contributed by atoms with Gasteiger partial charge in [-0.25, -0.2) is 8.42 Å². The molecule has 13 heavy (non-hydrogen) atoms. The van der Waals surface area contributed by atoms with Gasteiger partial charge in [0.15, 0.2) is 0 Å². The van der Waals surface area contributed by atoms with Crippen molar-refractivity contribution in [1.29, 1.82) is 0 Å². The van der Waals surface area contributed by atoms with Crippen LogP contribution in [-0.2, 0) is 10.1 Å². The zero-order valence-corrected chi connectivity index (χ0v) is 8.48. The second-order valence-electron chi connectivity index (χ2n) is 3.55. The van der Waals surface area contributed by atoms with E-state index in [0.29, 0.717) is 12.6 Å². The first-order valence-electron chi connectivity index (χ1n) is 4.75. The third kappa shape index (κ3) is 5.23. The Morgan fingerprint density at radius 3 is 2.38 bits per heavy atom. The maximum Gasteiger partial charge on any atom is 0.0958 e. The van der Waals surface area contributed by atoms with E-state index in [0.717, 1.165) is 12.8 Å². The van der Waals surface area contributed by atoms with Crippen LogP contribution in [0.5, 0.6) is 0 Å². The maximum absolute atomic E-state index is 10.3. The summed E-state index contributed by atoms with van der Waals surface area (Å²) >= 11 is 0. The summed E-state index contributed by atoms with van der Waals surface area (Å²) in [6.45, 7) is 0.302. The van der Waals surface area contributed by atoms with Crippen LogP contribution >= 0.6 is 0 Å². The third-order valence-corrected chi connectivity index (χ3v) is 3.09. The standard InChI is InChI=1S/C8H17NO3S/c10-13(11,12)7-6-9-8-4-2-1-3-5-8/h8-9H,1-7H2,(H,10,11,12)/p-1. The zero-order chi connectivity index (χ0) is 9.73. The highest BCUT2D eigenvalue weighted by Gasteiger charge is 2.12. The molecule has 0 amide bonds. The lowest BCUT2D eigenvalue weighted by atomic mass is 9.96. The average Bonchev–Trinajstić information content (AvgIpc) is 2.04. The molecule has 5 heteroatoms. The van der Waals surface area contributed by atoms with Crippen LogP contribution in [0.25, 0.3) is 0 Å². The molecule has 1 rings (SSSR count). The molecule has 0 aromatic rings. The molecule has 78 valence electrons. The van der Waals surface area contributed by atoms with Gasteiger partial charge in [0.1, 0.15) is 0 Å². The first-order chi connectivity index (χ1) is 6.08. The Morgan fingerprint density at radius 1 is 1.23 bits per heavy atom. The molecule has 0 heterocycles. The molecule has 0 aromatic carbocycles. The van der Waals surface area contributed by atoms with Gasteiger partial charge in [-0.2, -0.15) is 0 Å². The highest BCUT2D eigenvalue weighted by molar-refractivity contribution is 7.85. The SMILES string of the molecule is O=S(=O)([O-])CCNC1CCCCC1. The number of hydrogen-bond donors (Lipinski definition) is 1. The molecule has 0 radical (unpaired) electrons. The molecule has 0 aromatic heterocycles. The minimum Gasteiger partial charge on any atom is -0.748 e. The normalized spacial score (nSPS) is 20.4. The van der Waals surface area contributed by atoms with Crippen molar-refractivity contribution in [3.8, 4) is 0 Å². The van der Waals surface area contributed by atoms with Crippen LogP contribution < -0.4 is 5.32 Å². The number of rotatable bonds is 4. The minimum absolute atomic E-state index is 0.288. The van der Waals surface area contributed by atoms with Crippen LogP contribution in [0.4, 0.5) is 0 Å². The highest BCUT2D eigenvalue weighted by atomic mass is 32.2. The monoisotopic (exact) mass is 206 g/mol. The van der Waals surface area contributed by atoms with Crippen molar-refractivity contribution in [2.24, 2.45) is 0 Å². The Hall–Kier alpha value is -0.130. The molecule has 1 aliphatic carbocycles. The molecule has 4 nitrogen and oxygen atoms in total. The van der Waals surface area contributed by atoms with E-state index < -0.39 is 10.1 Å². The fourth-order valence-corrected chi connectivity index (χ4v) is 2.06. The van der Waals surface area contributed by atoms with Crippen LogP contribution in [0.1, 0.15) is 32.1 Å². The summed E-state index contributed by atoms with van der Waals surface area (Å²) in [4.78, 5) is 0. The largest absolute Gasteiger partial charge is 0.748 e. The highest BCUT2D eigenvalue weighted by Crippen LogP contribution is 2.16. The summed E-state index contributed by atoms with van der Waals surface area (Å²) in [5.41, 5.74) is 0. The summed E-state index contributed by atoms with van der Waals surface area (Å²) in [6.07, 6.45) is 5.92. The summed E-state index contributed by atoms with van der Waals surface area (Å²) in [6, 6.07) is 0.426. The number of nitrogens with one attached hydrogen (secondary N) is 1. The molecule has 0 aliphatic heterocycles. The van der Waals surface area contributed by atoms with Gasteiger partial charge < -0.3 is 9.87 Å². The summed E-state index contributed by atoms with van der Waals surface area (Å²) in [7, 11) is -4.04. The molecule has 1 saturated carbocycles. The molecule has 0 atom stereocenters. The van der Waals surface area contributed by atoms with Crippen molar-refractivity contribution in [1.82, 2.24) is 5.32 Å². The van der Waals surface area contributed by atoms with Gasteiger partial charge in [0.25, 0.3) is 0 Å². The predicted octanol–water partition coefficient (Wildman–Crippen LogP) is 0.454. The predicted molar refractivity (Wildman–Crippen MR) is 49.4 cm³/mol. The summed E-state index contributed by atoms with van der Waals surface area (Å²) in [5, 5.41) is 3.10. The maximum atomic E-state index is 10.3. The van der Waals surface area contributed by atoms with Crippen molar-refractivity contribution in [3.05, 3.63) is 0 Å². The van der Waals surface area contributed by atoms with Gasteiger partial charge in [0.05, 0.1) is 15.9 Å². The molecule has 0 saturated heterocycles. The van der Waals surface area contributed by atoms with Crippen LogP contribution in [-0.4, -0.2) is 31.3 Å². The van der Waals surface area contributed by atoms with Crippen molar-refractivity contribution in [2.45, 2.75) is 38.1 Å². The molecule has 1 aliphatic rings. The second kappa shape index (κ2) is 4.93. The Kier molecular flexibility index (Phi) is 4.15. The second-order valence-corrected chi connectivity index (χ2v) is 5.07.